The molecule has 1 fully saturated rings. The van der Waals surface area contributed by atoms with Gasteiger partial charge in [-0.3, -0.25) is 4.79 Å². The summed E-state index contributed by atoms with van der Waals surface area (Å²) in [5.41, 5.74) is 4.70. The van der Waals surface area contributed by atoms with Gasteiger partial charge in [0.1, 0.15) is 23.7 Å². The summed E-state index contributed by atoms with van der Waals surface area (Å²) in [6.07, 6.45) is -0.181. The van der Waals surface area contributed by atoms with E-state index >= 15 is 0 Å². The minimum atomic E-state index is -1.58. The molecule has 0 aliphatic carbocycles. The summed E-state index contributed by atoms with van der Waals surface area (Å²) in [4.78, 5) is 24.5. The molecule has 1 amide bonds. The number of nitrogens with one attached hydrogen (secondary N) is 1. The van der Waals surface area contributed by atoms with Crippen LogP contribution in [0.5, 0.6) is 5.88 Å². The Morgan fingerprint density at radius 1 is 1.41 bits per heavy atom. The van der Waals surface area contributed by atoms with Crippen molar-refractivity contribution in [2.45, 2.75) is 24.9 Å². The molecular formula is C20H20F3N5O4. The number of aliphatic imine (C=N–C) groups is 1. The summed E-state index contributed by atoms with van der Waals surface area (Å²) in [7, 11) is 0. The maximum Gasteiger partial charge on any atom is 0.282 e. The minimum absolute atomic E-state index is 0.0153. The average molecular weight is 451 g/mol. The number of alkyl halides is 2. The molecule has 3 heterocycles. The van der Waals surface area contributed by atoms with E-state index in [4.69, 9.17) is 19.9 Å². The van der Waals surface area contributed by atoms with Gasteiger partial charge in [-0.05, 0) is 18.2 Å². The zero-order chi connectivity index (χ0) is 22.9. The highest BCUT2D eigenvalue weighted by molar-refractivity contribution is 6.02. The van der Waals surface area contributed by atoms with Crippen LogP contribution in [0.2, 0.25) is 0 Å². The number of nitrogens with two attached hydrogens (primary N) is 1. The van der Waals surface area contributed by atoms with Crippen LogP contribution in [0, 0.1) is 11.7 Å². The van der Waals surface area contributed by atoms with Crippen LogP contribution in [-0.2, 0) is 15.0 Å². The second-order valence-corrected chi connectivity index (χ2v) is 7.35. The summed E-state index contributed by atoms with van der Waals surface area (Å²) in [6, 6.07) is 3.75. The van der Waals surface area contributed by atoms with Crippen molar-refractivity contribution in [3.05, 3.63) is 47.7 Å². The largest absolute Gasteiger partial charge is 0.465 e. The van der Waals surface area contributed by atoms with Gasteiger partial charge in [-0.1, -0.05) is 0 Å². The molecule has 4 rings (SSSR count). The van der Waals surface area contributed by atoms with Crippen molar-refractivity contribution in [3.63, 3.8) is 0 Å². The fraction of sp³-hybridized carbons (Fsp3) is 0.400. The number of carbonyl (C=O) groups is 1. The Balaban J connectivity index is 1.60. The van der Waals surface area contributed by atoms with Crippen molar-refractivity contribution in [2.75, 3.05) is 25.2 Å². The molecule has 32 heavy (non-hydrogen) atoms. The molecule has 0 bridgehead atoms. The second kappa shape index (κ2) is 8.61. The van der Waals surface area contributed by atoms with E-state index in [0.29, 0.717) is 0 Å². The number of amidine groups is 1. The Hall–Kier alpha value is -3.41. The number of rotatable bonds is 6. The van der Waals surface area contributed by atoms with Gasteiger partial charge in [0.2, 0.25) is 12.2 Å². The summed E-state index contributed by atoms with van der Waals surface area (Å²) in [5.74, 6) is -1.93. The molecule has 0 spiro atoms. The zero-order valence-electron chi connectivity index (χ0n) is 16.9. The van der Waals surface area contributed by atoms with Crippen LogP contribution in [0.3, 0.4) is 0 Å². The molecule has 4 unspecified atom stereocenters. The number of halogens is 3. The lowest BCUT2D eigenvalue weighted by atomic mass is 9.78. The zero-order valence-corrected chi connectivity index (χ0v) is 16.9. The predicted octanol–water partition coefficient (Wildman–Crippen LogP) is 2.09. The molecule has 9 nitrogen and oxygen atoms in total. The highest BCUT2D eigenvalue weighted by atomic mass is 19.1. The topological polar surface area (TPSA) is 121 Å². The van der Waals surface area contributed by atoms with E-state index in [0.717, 1.165) is 18.5 Å². The van der Waals surface area contributed by atoms with Crippen LogP contribution in [-0.4, -0.2) is 54.2 Å². The van der Waals surface area contributed by atoms with Crippen molar-refractivity contribution < 1.29 is 32.2 Å². The van der Waals surface area contributed by atoms with Gasteiger partial charge in [0.25, 0.3) is 11.9 Å². The maximum absolute atomic E-state index is 14.9. The van der Waals surface area contributed by atoms with Gasteiger partial charge in [-0.25, -0.2) is 28.1 Å². The molecule has 3 N–H and O–H groups in total. The quantitative estimate of drug-likeness (QED) is 0.690. The Kier molecular flexibility index (Phi) is 5.87. The standard InChI is InChI=1S/C20H20F3N5O4/c1-10(22)32-17-7-25-15(6-26-17)18(29)27-11-2-3-14(23)12(4-11)20-9-31-16(5-21)13(20)8-30-19(24)28-20/h2-4,6-7,10,13,16H,5,8-9H2,1H3,(H2,24,28)(H,27,29). The van der Waals surface area contributed by atoms with Gasteiger partial charge < -0.3 is 25.3 Å². The van der Waals surface area contributed by atoms with Crippen molar-refractivity contribution in [1.29, 1.82) is 0 Å². The molecule has 1 saturated heterocycles. The van der Waals surface area contributed by atoms with Gasteiger partial charge in [0, 0.05) is 18.2 Å². The van der Waals surface area contributed by atoms with E-state index in [1.54, 1.807) is 0 Å². The summed E-state index contributed by atoms with van der Waals surface area (Å²) in [5, 5.41) is 2.59. The molecule has 2 aliphatic rings. The number of nitrogens with zero attached hydrogens (tertiary/aromatic N) is 3. The smallest absolute Gasteiger partial charge is 0.282 e. The van der Waals surface area contributed by atoms with Crippen LogP contribution >= 0.6 is 0 Å². The fourth-order valence-corrected chi connectivity index (χ4v) is 3.81. The number of anilines is 1. The normalized spacial score (nSPS) is 25.3. The lowest BCUT2D eigenvalue weighted by Crippen LogP contribution is -2.45. The number of benzene rings is 1. The molecule has 1 aromatic carbocycles. The molecule has 2 aromatic rings. The second-order valence-electron chi connectivity index (χ2n) is 7.35. The first-order valence-electron chi connectivity index (χ1n) is 9.72. The van der Waals surface area contributed by atoms with E-state index in [2.05, 4.69) is 20.3 Å². The predicted molar refractivity (Wildman–Crippen MR) is 106 cm³/mol. The van der Waals surface area contributed by atoms with E-state index < -0.39 is 42.3 Å². The maximum atomic E-state index is 14.9. The lowest BCUT2D eigenvalue weighted by Gasteiger charge is -2.35. The van der Waals surface area contributed by atoms with E-state index in [-0.39, 0.29) is 42.1 Å². The molecule has 170 valence electrons. The Bertz CT molecular complexity index is 1040. The van der Waals surface area contributed by atoms with E-state index in [1.807, 2.05) is 0 Å². The number of aromatic nitrogens is 2. The van der Waals surface area contributed by atoms with Crippen molar-refractivity contribution in [3.8, 4) is 5.88 Å². The van der Waals surface area contributed by atoms with E-state index in [9.17, 15) is 18.0 Å². The Morgan fingerprint density at radius 2 is 2.22 bits per heavy atom. The molecular weight excluding hydrogens is 431 g/mol. The average Bonchev–Trinajstić information content (AvgIpc) is 3.13. The van der Waals surface area contributed by atoms with Gasteiger partial charge in [0.15, 0.2) is 0 Å². The molecule has 1 aromatic heterocycles. The van der Waals surface area contributed by atoms with Crippen molar-refractivity contribution in [1.82, 2.24) is 9.97 Å². The number of carbonyl (C=O) groups excluding carboxylic acids is 1. The highest BCUT2D eigenvalue weighted by Crippen LogP contribution is 2.46. The number of hydrogen-bond donors (Lipinski definition) is 2. The third-order valence-corrected chi connectivity index (χ3v) is 5.29. The van der Waals surface area contributed by atoms with Gasteiger partial charge >= 0.3 is 0 Å². The van der Waals surface area contributed by atoms with Crippen LogP contribution in [0.25, 0.3) is 0 Å². The number of amides is 1. The third kappa shape index (κ3) is 4.05. The van der Waals surface area contributed by atoms with Gasteiger partial charge in [-0.2, -0.15) is 0 Å². The Morgan fingerprint density at radius 3 is 2.91 bits per heavy atom. The van der Waals surface area contributed by atoms with Crippen LogP contribution in [0.4, 0.5) is 18.9 Å². The van der Waals surface area contributed by atoms with Crippen LogP contribution in [0.1, 0.15) is 23.0 Å². The van der Waals surface area contributed by atoms with Crippen LogP contribution in [0.15, 0.2) is 35.6 Å². The van der Waals surface area contributed by atoms with Gasteiger partial charge in [0.05, 0.1) is 37.6 Å². The summed E-state index contributed by atoms with van der Waals surface area (Å²) >= 11 is 0. The molecule has 0 saturated carbocycles. The molecule has 2 aliphatic heterocycles. The first-order chi connectivity index (χ1) is 15.3. The first-order valence-corrected chi connectivity index (χ1v) is 9.72. The molecule has 4 atom stereocenters. The highest BCUT2D eigenvalue weighted by Gasteiger charge is 2.55. The number of hydrogen-bond acceptors (Lipinski definition) is 8. The monoisotopic (exact) mass is 451 g/mol. The van der Waals surface area contributed by atoms with Crippen molar-refractivity contribution in [2.24, 2.45) is 16.6 Å². The number of ether oxygens (including phenoxy) is 3. The molecule has 0 radical (unpaired) electrons. The van der Waals surface area contributed by atoms with Crippen molar-refractivity contribution >= 4 is 17.6 Å². The van der Waals surface area contributed by atoms with E-state index in [1.165, 1.54) is 19.1 Å². The minimum Gasteiger partial charge on any atom is -0.465 e. The van der Waals surface area contributed by atoms with Gasteiger partial charge in [-0.15, -0.1) is 0 Å². The SMILES string of the molecule is CC(F)Oc1cnc(C(=O)Nc2ccc(F)c(C34COC(CF)C3COC(N)=N4)c2)cn1. The first kappa shape index (κ1) is 21.8. The summed E-state index contributed by atoms with van der Waals surface area (Å²) < 4.78 is 56.7. The lowest BCUT2D eigenvalue weighted by molar-refractivity contribution is 0.0528. The number of fused-ring (bicyclic) bond motifs is 1. The third-order valence-electron chi connectivity index (χ3n) is 5.29. The van der Waals surface area contributed by atoms with Crippen LogP contribution < -0.4 is 15.8 Å². The Labute approximate surface area is 180 Å². The fourth-order valence-electron chi connectivity index (χ4n) is 3.81. The molecule has 12 heteroatoms. The summed E-state index contributed by atoms with van der Waals surface area (Å²) in [6.45, 7) is 0.314.